The Bertz CT molecular complexity index is 408. The number of ether oxygens (including phenoxy) is 2. The molecule has 0 atom stereocenters. The standard InChI is InChI=1S/C14H23N3O3/c1-19-14(5-3-2-4-6-14)11-16-12-9-15-10-13(17-12)20-8-7-18/h9-10,18H,2-8,11H2,1H3,(H,16,17). The van der Waals surface area contributed by atoms with Crippen LogP contribution in [0.3, 0.4) is 0 Å². The number of aliphatic hydroxyl groups is 1. The Balaban J connectivity index is 1.92. The van der Waals surface area contributed by atoms with Crippen molar-refractivity contribution in [3.05, 3.63) is 12.4 Å². The van der Waals surface area contributed by atoms with Gasteiger partial charge in [0.2, 0.25) is 5.88 Å². The van der Waals surface area contributed by atoms with Crippen molar-refractivity contribution in [1.29, 1.82) is 0 Å². The molecule has 0 amide bonds. The molecule has 2 N–H and O–H groups in total. The molecule has 20 heavy (non-hydrogen) atoms. The minimum absolute atomic E-state index is 0.0356. The van der Waals surface area contributed by atoms with E-state index < -0.39 is 0 Å². The molecule has 112 valence electrons. The summed E-state index contributed by atoms with van der Waals surface area (Å²) in [6.07, 6.45) is 9.05. The highest BCUT2D eigenvalue weighted by Gasteiger charge is 2.31. The van der Waals surface area contributed by atoms with Crippen LogP contribution in [0.2, 0.25) is 0 Å². The van der Waals surface area contributed by atoms with Crippen molar-refractivity contribution in [3.8, 4) is 5.88 Å². The first-order chi connectivity index (χ1) is 9.78. The maximum atomic E-state index is 8.73. The molecule has 0 bridgehead atoms. The van der Waals surface area contributed by atoms with Gasteiger partial charge in [0, 0.05) is 13.7 Å². The van der Waals surface area contributed by atoms with E-state index in [1.165, 1.54) is 25.5 Å². The van der Waals surface area contributed by atoms with Gasteiger partial charge in [0.1, 0.15) is 12.4 Å². The predicted octanol–water partition coefficient (Wildman–Crippen LogP) is 1.61. The number of nitrogens with zero attached hydrogens (tertiary/aromatic N) is 2. The van der Waals surface area contributed by atoms with E-state index in [2.05, 4.69) is 15.3 Å². The molecule has 1 saturated carbocycles. The molecule has 0 unspecified atom stereocenters. The van der Waals surface area contributed by atoms with Crippen LogP contribution in [-0.4, -0.2) is 47.5 Å². The molecule has 1 aliphatic rings. The molecule has 6 heteroatoms. The third-order valence-corrected chi connectivity index (χ3v) is 3.74. The topological polar surface area (TPSA) is 76.5 Å². The first kappa shape index (κ1) is 15.0. The summed E-state index contributed by atoms with van der Waals surface area (Å²) in [5.74, 6) is 1.08. The highest BCUT2D eigenvalue weighted by Crippen LogP contribution is 2.31. The molecular formula is C14H23N3O3. The third-order valence-electron chi connectivity index (χ3n) is 3.74. The predicted molar refractivity (Wildman–Crippen MR) is 75.9 cm³/mol. The van der Waals surface area contributed by atoms with E-state index in [0.717, 1.165) is 19.4 Å². The van der Waals surface area contributed by atoms with Crippen LogP contribution in [0.25, 0.3) is 0 Å². The van der Waals surface area contributed by atoms with Crippen molar-refractivity contribution in [1.82, 2.24) is 9.97 Å². The number of methoxy groups -OCH3 is 1. The summed E-state index contributed by atoms with van der Waals surface area (Å²) in [5.41, 5.74) is -0.0953. The van der Waals surface area contributed by atoms with Crippen molar-refractivity contribution in [2.75, 3.05) is 32.2 Å². The van der Waals surface area contributed by atoms with Gasteiger partial charge >= 0.3 is 0 Å². The first-order valence-corrected chi connectivity index (χ1v) is 7.13. The molecule has 0 aliphatic heterocycles. The number of hydrogen-bond donors (Lipinski definition) is 2. The molecule has 0 spiro atoms. The molecule has 0 radical (unpaired) electrons. The molecule has 6 nitrogen and oxygen atoms in total. The lowest BCUT2D eigenvalue weighted by atomic mass is 9.84. The van der Waals surface area contributed by atoms with Gasteiger partial charge in [-0.2, -0.15) is 4.98 Å². The van der Waals surface area contributed by atoms with Gasteiger partial charge < -0.3 is 19.9 Å². The van der Waals surface area contributed by atoms with E-state index in [4.69, 9.17) is 14.6 Å². The molecule has 2 rings (SSSR count). The second-order valence-corrected chi connectivity index (χ2v) is 5.12. The van der Waals surface area contributed by atoms with Crippen molar-refractivity contribution < 1.29 is 14.6 Å². The molecular weight excluding hydrogens is 258 g/mol. The average Bonchev–Trinajstić information content (AvgIpc) is 2.52. The molecule has 1 aromatic rings. The number of hydrogen-bond acceptors (Lipinski definition) is 6. The lowest BCUT2D eigenvalue weighted by Crippen LogP contribution is -2.41. The zero-order valence-corrected chi connectivity index (χ0v) is 12.0. The van der Waals surface area contributed by atoms with Crippen molar-refractivity contribution in [3.63, 3.8) is 0 Å². The van der Waals surface area contributed by atoms with Gasteiger partial charge in [-0.1, -0.05) is 19.3 Å². The van der Waals surface area contributed by atoms with E-state index in [9.17, 15) is 0 Å². The van der Waals surface area contributed by atoms with E-state index in [0.29, 0.717) is 11.7 Å². The average molecular weight is 281 g/mol. The van der Waals surface area contributed by atoms with Gasteiger partial charge in [-0.15, -0.1) is 0 Å². The largest absolute Gasteiger partial charge is 0.474 e. The number of aromatic nitrogens is 2. The zero-order valence-electron chi connectivity index (χ0n) is 12.0. The lowest BCUT2D eigenvalue weighted by molar-refractivity contribution is -0.0279. The fourth-order valence-corrected chi connectivity index (χ4v) is 2.55. The molecule has 1 fully saturated rings. The quantitative estimate of drug-likeness (QED) is 0.790. The Morgan fingerprint density at radius 2 is 2.10 bits per heavy atom. The first-order valence-electron chi connectivity index (χ1n) is 7.13. The Labute approximate surface area is 119 Å². The number of nitrogens with one attached hydrogen (secondary N) is 1. The SMILES string of the molecule is COC1(CNc2cncc(OCCO)n2)CCCCC1. The summed E-state index contributed by atoms with van der Waals surface area (Å²) in [4.78, 5) is 8.37. The van der Waals surface area contributed by atoms with Crippen molar-refractivity contribution in [2.24, 2.45) is 0 Å². The minimum Gasteiger partial charge on any atom is -0.474 e. The summed E-state index contributed by atoms with van der Waals surface area (Å²) in [5, 5.41) is 12.0. The summed E-state index contributed by atoms with van der Waals surface area (Å²) < 4.78 is 11.0. The second kappa shape index (κ2) is 7.40. The Kier molecular flexibility index (Phi) is 5.55. The number of rotatable bonds is 7. The van der Waals surface area contributed by atoms with Crippen molar-refractivity contribution in [2.45, 2.75) is 37.7 Å². The normalized spacial score (nSPS) is 17.7. The van der Waals surface area contributed by atoms with Crippen LogP contribution in [0, 0.1) is 0 Å². The smallest absolute Gasteiger partial charge is 0.234 e. The zero-order chi connectivity index (χ0) is 14.3. The van der Waals surface area contributed by atoms with Gasteiger partial charge in [-0.3, -0.25) is 4.98 Å². The second-order valence-electron chi connectivity index (χ2n) is 5.12. The Morgan fingerprint density at radius 3 is 2.80 bits per heavy atom. The molecule has 0 aromatic carbocycles. The summed E-state index contributed by atoms with van der Waals surface area (Å²) in [6.45, 7) is 0.911. The van der Waals surface area contributed by atoms with Gasteiger partial charge in [-0.25, -0.2) is 0 Å². The van der Waals surface area contributed by atoms with Crippen LogP contribution in [0.5, 0.6) is 5.88 Å². The van der Waals surface area contributed by atoms with Gasteiger partial charge in [0.15, 0.2) is 0 Å². The van der Waals surface area contributed by atoms with E-state index in [-0.39, 0.29) is 18.8 Å². The fourth-order valence-electron chi connectivity index (χ4n) is 2.55. The molecule has 0 saturated heterocycles. The summed E-state index contributed by atoms with van der Waals surface area (Å²) >= 11 is 0. The van der Waals surface area contributed by atoms with Crippen LogP contribution in [0.1, 0.15) is 32.1 Å². The number of anilines is 1. The molecule has 1 aromatic heterocycles. The van der Waals surface area contributed by atoms with Gasteiger partial charge in [-0.05, 0) is 12.8 Å². The monoisotopic (exact) mass is 281 g/mol. The van der Waals surface area contributed by atoms with Crippen LogP contribution < -0.4 is 10.1 Å². The number of aliphatic hydroxyl groups excluding tert-OH is 1. The summed E-state index contributed by atoms with van der Waals surface area (Å²) in [6, 6.07) is 0. The van der Waals surface area contributed by atoms with E-state index in [1.807, 2.05) is 0 Å². The van der Waals surface area contributed by atoms with Crippen LogP contribution in [0.4, 0.5) is 5.82 Å². The molecule has 1 aliphatic carbocycles. The summed E-state index contributed by atoms with van der Waals surface area (Å²) in [7, 11) is 1.78. The highest BCUT2D eigenvalue weighted by atomic mass is 16.5. The van der Waals surface area contributed by atoms with Gasteiger partial charge in [0.05, 0.1) is 24.6 Å². The maximum Gasteiger partial charge on any atom is 0.234 e. The van der Waals surface area contributed by atoms with Crippen molar-refractivity contribution >= 4 is 5.82 Å². The Morgan fingerprint density at radius 1 is 1.30 bits per heavy atom. The van der Waals surface area contributed by atoms with E-state index >= 15 is 0 Å². The third kappa shape index (κ3) is 4.05. The van der Waals surface area contributed by atoms with Gasteiger partial charge in [0.25, 0.3) is 0 Å². The van der Waals surface area contributed by atoms with E-state index in [1.54, 1.807) is 13.3 Å². The van der Waals surface area contributed by atoms with Crippen LogP contribution in [-0.2, 0) is 4.74 Å². The Hall–Kier alpha value is -1.40. The highest BCUT2D eigenvalue weighted by molar-refractivity contribution is 5.33. The fraction of sp³-hybridized carbons (Fsp3) is 0.714. The molecule has 1 heterocycles. The van der Waals surface area contributed by atoms with Crippen LogP contribution >= 0.6 is 0 Å². The maximum absolute atomic E-state index is 8.73. The lowest BCUT2D eigenvalue weighted by Gasteiger charge is -2.36. The minimum atomic E-state index is -0.0953. The van der Waals surface area contributed by atoms with Crippen LogP contribution in [0.15, 0.2) is 12.4 Å².